The van der Waals surface area contributed by atoms with Crippen molar-refractivity contribution in [1.82, 2.24) is 31.9 Å². The zero-order valence-corrected chi connectivity index (χ0v) is 32.2. The highest BCUT2D eigenvalue weighted by Crippen LogP contribution is 2.03. The molecule has 5 amide bonds. The Morgan fingerprint density at radius 1 is 0.424 bits per heavy atom. The van der Waals surface area contributed by atoms with Crippen LogP contribution in [0.1, 0.15) is 22.3 Å². The molecular weight excluding hydrogens is 768 g/mol. The highest BCUT2D eigenvalue weighted by Gasteiger charge is 2.26. The van der Waals surface area contributed by atoms with Gasteiger partial charge in [-0.1, -0.05) is 121 Å². The van der Waals surface area contributed by atoms with Crippen molar-refractivity contribution in [3.05, 3.63) is 144 Å². The highest BCUT2D eigenvalue weighted by molar-refractivity contribution is 5.92. The van der Waals surface area contributed by atoms with Crippen LogP contribution in [0, 0.1) is 0 Å². The third-order valence-electron chi connectivity index (χ3n) is 7.67. The lowest BCUT2D eigenvalue weighted by Crippen LogP contribution is -2.60. The van der Waals surface area contributed by atoms with Crippen LogP contribution in [-0.4, -0.2) is 82.6 Å². The van der Waals surface area contributed by atoms with Crippen LogP contribution in [0.2, 0.25) is 0 Å². The van der Waals surface area contributed by atoms with Gasteiger partial charge in [-0.2, -0.15) is 0 Å². The van der Waals surface area contributed by atoms with E-state index in [-0.39, 0.29) is 46.7 Å². The van der Waals surface area contributed by atoms with E-state index in [1.165, 1.54) is 0 Å². The van der Waals surface area contributed by atoms with Crippen LogP contribution < -0.4 is 31.9 Å². The van der Waals surface area contributed by atoms with Gasteiger partial charge < -0.3 is 49.1 Å². The summed E-state index contributed by atoms with van der Waals surface area (Å²) >= 11 is 0. The monoisotopic (exact) mass is 816 g/mol. The Hall–Kier alpha value is -6.41. The topological polar surface area (TPSA) is 222 Å². The van der Waals surface area contributed by atoms with Crippen molar-refractivity contribution in [3.63, 3.8) is 0 Å². The summed E-state index contributed by atoms with van der Waals surface area (Å²) < 4.78 is 37.2. The van der Waals surface area contributed by atoms with E-state index in [0.29, 0.717) is 0 Å². The van der Waals surface area contributed by atoms with Crippen molar-refractivity contribution in [3.8, 4) is 0 Å². The molecule has 0 fully saturated rings. The zero-order valence-electron chi connectivity index (χ0n) is 32.2. The van der Waals surface area contributed by atoms with E-state index in [1.54, 1.807) is 0 Å². The quantitative estimate of drug-likeness (QED) is 0.0397. The van der Waals surface area contributed by atoms with Crippen molar-refractivity contribution in [1.29, 1.82) is 0 Å². The maximum atomic E-state index is 13.2. The number of hydrogen-bond donors (Lipinski definition) is 6. The number of amides is 5. The number of alkyl carbamates (subject to hydrolysis) is 2. The molecule has 0 heterocycles. The number of carbonyl (C=O) groups is 5. The maximum absolute atomic E-state index is 13.2. The second kappa shape index (κ2) is 27.3. The Kier molecular flexibility index (Phi) is 20.9. The number of nitrogens with one attached hydrogen (secondary N) is 6. The van der Waals surface area contributed by atoms with Crippen molar-refractivity contribution >= 4 is 29.9 Å². The van der Waals surface area contributed by atoms with E-state index >= 15 is 0 Å². The van der Waals surface area contributed by atoms with Crippen LogP contribution in [0.4, 0.5) is 9.59 Å². The second-order valence-corrected chi connectivity index (χ2v) is 12.2. The predicted octanol–water partition coefficient (Wildman–Crippen LogP) is 2.70. The molecule has 2 atom stereocenters. The fourth-order valence-corrected chi connectivity index (χ4v) is 4.78. The Labute approximate surface area is 341 Å². The minimum Gasteiger partial charge on any atom is -0.422 e. The number of carbonyl (C=O) groups excluding carboxylic acids is 5. The summed E-state index contributed by atoms with van der Waals surface area (Å²) in [5, 5.41) is 14.4. The molecule has 59 heavy (non-hydrogen) atoms. The van der Waals surface area contributed by atoms with Gasteiger partial charge in [0.2, 0.25) is 5.91 Å². The summed E-state index contributed by atoms with van der Waals surface area (Å²) in [7, 11) is 0. The molecule has 4 aromatic rings. The first-order valence-corrected chi connectivity index (χ1v) is 18.3. The van der Waals surface area contributed by atoms with Crippen molar-refractivity contribution in [2.24, 2.45) is 0 Å². The van der Waals surface area contributed by atoms with Crippen LogP contribution in [0.5, 0.6) is 0 Å². The van der Waals surface area contributed by atoms with E-state index in [4.69, 9.17) is 33.2 Å². The van der Waals surface area contributed by atoms with Gasteiger partial charge in [0, 0.05) is 0 Å². The van der Waals surface area contributed by atoms with Gasteiger partial charge in [-0.25, -0.2) is 9.59 Å². The number of benzene rings is 4. The van der Waals surface area contributed by atoms with Gasteiger partial charge >= 0.3 is 12.2 Å². The molecule has 0 spiro atoms. The van der Waals surface area contributed by atoms with Crippen LogP contribution in [0.3, 0.4) is 0 Å². The number of hydrogen-bond acceptors (Lipinski definition) is 13. The summed E-state index contributed by atoms with van der Waals surface area (Å²) in [4.78, 5) is 64.5. The van der Waals surface area contributed by atoms with E-state index in [2.05, 4.69) is 31.9 Å². The summed E-state index contributed by atoms with van der Waals surface area (Å²) in [5.74, 6) is -2.63. The molecule has 4 rings (SSSR count). The molecule has 0 radical (unpaired) electrons. The van der Waals surface area contributed by atoms with Crippen LogP contribution in [0.25, 0.3) is 0 Å². The summed E-state index contributed by atoms with van der Waals surface area (Å²) in [6, 6.07) is 37.0. The third kappa shape index (κ3) is 19.5. The zero-order chi connectivity index (χ0) is 41.8. The molecule has 314 valence electrons. The molecule has 0 saturated carbocycles. The molecule has 0 aliphatic heterocycles. The molecular formula is C41H48N6O12. The summed E-state index contributed by atoms with van der Waals surface area (Å²) in [5.41, 5.74) is 3.48. The van der Waals surface area contributed by atoms with E-state index < -0.39 is 62.4 Å². The Morgan fingerprint density at radius 3 is 1.31 bits per heavy atom. The maximum Gasteiger partial charge on any atom is 0.411 e. The predicted molar refractivity (Wildman–Crippen MR) is 210 cm³/mol. The molecule has 0 aliphatic carbocycles. The first-order valence-electron chi connectivity index (χ1n) is 18.3. The van der Waals surface area contributed by atoms with Crippen LogP contribution >= 0.6 is 0 Å². The average Bonchev–Trinajstić information content (AvgIpc) is 3.26. The van der Waals surface area contributed by atoms with Crippen LogP contribution in [-0.2, 0) is 74.0 Å². The fourth-order valence-electron chi connectivity index (χ4n) is 4.78. The first-order chi connectivity index (χ1) is 28.9. The largest absolute Gasteiger partial charge is 0.422 e. The third-order valence-corrected chi connectivity index (χ3v) is 7.67. The molecule has 4 aromatic carbocycles. The van der Waals surface area contributed by atoms with Crippen molar-refractivity contribution in [2.75, 3.05) is 40.4 Å². The number of ether oxygens (including phenoxy) is 7. The summed E-state index contributed by atoms with van der Waals surface area (Å²) in [6.45, 7) is -1.45. The molecule has 0 saturated heterocycles. The van der Waals surface area contributed by atoms with Gasteiger partial charge in [-0.3, -0.25) is 30.3 Å². The van der Waals surface area contributed by atoms with Crippen LogP contribution in [0.15, 0.2) is 121 Å². The molecule has 18 nitrogen and oxygen atoms in total. The highest BCUT2D eigenvalue weighted by atomic mass is 16.7. The first kappa shape index (κ1) is 45.3. The average molecular weight is 817 g/mol. The molecule has 0 aromatic heterocycles. The molecule has 2 unspecified atom stereocenters. The lowest BCUT2D eigenvalue weighted by atomic mass is 10.2. The lowest BCUT2D eigenvalue weighted by molar-refractivity contribution is -0.132. The smallest absolute Gasteiger partial charge is 0.411 e. The normalized spacial score (nSPS) is 11.7. The van der Waals surface area contributed by atoms with Gasteiger partial charge in [0.15, 0.2) is 25.9 Å². The van der Waals surface area contributed by atoms with Gasteiger partial charge in [0.25, 0.3) is 11.8 Å². The van der Waals surface area contributed by atoms with Gasteiger partial charge in [-0.15, -0.1) is 0 Å². The SMILES string of the molecule is O=C(CNC(=O)C(NCOCOCc1ccccc1)NC(=O)OCOCc1ccccc1)NC(NC(=O)OCOCc1ccccc1)C(=O)NCOCc1ccccc1. The molecule has 0 aliphatic rings. The Balaban J connectivity index is 1.27. The minimum atomic E-state index is -1.66. The lowest BCUT2D eigenvalue weighted by Gasteiger charge is -2.21. The summed E-state index contributed by atoms with van der Waals surface area (Å²) in [6.07, 6.45) is -5.23. The molecule has 18 heteroatoms. The van der Waals surface area contributed by atoms with Gasteiger partial charge in [-0.05, 0) is 22.3 Å². The molecule has 0 bridgehead atoms. The minimum absolute atomic E-state index is 0.147. The van der Waals surface area contributed by atoms with Gasteiger partial charge in [0.05, 0.1) is 33.0 Å². The molecule has 6 N–H and O–H groups in total. The fraction of sp³-hybridized carbons (Fsp3) is 0.293. The second-order valence-electron chi connectivity index (χ2n) is 12.2. The van der Waals surface area contributed by atoms with E-state index in [9.17, 15) is 24.0 Å². The van der Waals surface area contributed by atoms with E-state index in [0.717, 1.165) is 22.3 Å². The Bertz CT molecular complexity index is 1830. The van der Waals surface area contributed by atoms with E-state index in [1.807, 2.05) is 121 Å². The van der Waals surface area contributed by atoms with Crippen molar-refractivity contribution < 1.29 is 57.1 Å². The number of rotatable bonds is 26. The van der Waals surface area contributed by atoms with Crippen molar-refractivity contribution in [2.45, 2.75) is 38.8 Å². The Morgan fingerprint density at radius 2 is 0.831 bits per heavy atom. The standard InChI is InChI=1S/C41H48N6O12/c48-35(45-37(39(50)44-27-53-22-31-13-5-1-6-14-31)47-41(52)59-30-56-25-34-19-11-4-12-20-34)21-42-38(49)36(43-26-57-28-54-23-32-15-7-2-8-16-32)46-40(51)58-29-55-24-33-17-9-3-10-18-33/h1-20,36-37,43H,21-30H2,(H,42,49)(H,44,50)(H,45,48)(H,46,51)(H,47,52). The van der Waals surface area contributed by atoms with Gasteiger partial charge in [0.1, 0.15) is 20.3 Å².